The van der Waals surface area contributed by atoms with Crippen molar-refractivity contribution in [2.24, 2.45) is 0 Å². The minimum atomic E-state index is -0.740. The number of carbonyl (C=O) groups excluding carboxylic acids is 3. The maximum Gasteiger partial charge on any atom is 0.255 e. The first-order valence-corrected chi connectivity index (χ1v) is 13.7. The first-order valence-electron chi connectivity index (χ1n) is 13.7. The van der Waals surface area contributed by atoms with E-state index in [1.54, 1.807) is 18.2 Å². The van der Waals surface area contributed by atoms with Crippen molar-refractivity contribution in [1.29, 1.82) is 5.26 Å². The van der Waals surface area contributed by atoms with Crippen LogP contribution < -0.4 is 15.0 Å². The number of nitrogens with one attached hydrogen (secondary N) is 1. The van der Waals surface area contributed by atoms with Crippen LogP contribution in [0, 0.1) is 23.0 Å². The van der Waals surface area contributed by atoms with E-state index in [9.17, 15) is 18.8 Å². The Morgan fingerprint density at radius 3 is 2.40 bits per heavy atom. The van der Waals surface area contributed by atoms with E-state index in [0.29, 0.717) is 49.7 Å². The standard InChI is InChI=1S/C31H27F2N5O4/c32-24-15-23-21(18-38(31(23)41)26-6-8-29(39)35-30(26)40)14-27(24)37-11-9-36(10-12-37)17-19-1-4-22(5-2-19)42-28-7-3-20(16-34)13-25(28)33/h1-5,7,13-15,26H,6,8-12,17-18H2,(H,35,39,40). The van der Waals surface area contributed by atoms with Gasteiger partial charge in [0.1, 0.15) is 17.6 Å². The Labute approximate surface area is 240 Å². The number of fused-ring (bicyclic) bond motifs is 1. The number of amides is 3. The van der Waals surface area contributed by atoms with Crippen LogP contribution in [0.25, 0.3) is 0 Å². The fraction of sp³-hybridized carbons (Fsp3) is 0.290. The minimum absolute atomic E-state index is 0.0460. The maximum absolute atomic E-state index is 15.2. The van der Waals surface area contributed by atoms with Gasteiger partial charge in [0.25, 0.3) is 5.91 Å². The zero-order valence-corrected chi connectivity index (χ0v) is 22.6. The molecule has 3 aromatic rings. The van der Waals surface area contributed by atoms with E-state index in [4.69, 9.17) is 10.00 Å². The molecule has 3 aliphatic heterocycles. The summed E-state index contributed by atoms with van der Waals surface area (Å²) in [5.41, 5.74) is 2.64. The molecule has 2 fully saturated rings. The number of piperidine rings is 1. The lowest BCUT2D eigenvalue weighted by Crippen LogP contribution is -2.52. The first kappa shape index (κ1) is 27.4. The summed E-state index contributed by atoms with van der Waals surface area (Å²) >= 11 is 0. The highest BCUT2D eigenvalue weighted by Crippen LogP contribution is 2.33. The van der Waals surface area contributed by atoms with Gasteiger partial charge in [-0.1, -0.05) is 12.1 Å². The number of hydrogen-bond donors (Lipinski definition) is 1. The predicted octanol–water partition coefficient (Wildman–Crippen LogP) is 3.71. The SMILES string of the molecule is N#Cc1ccc(Oc2ccc(CN3CCN(c4cc5c(cc4F)C(=O)N(C4CCC(=O)NC4=O)C5)CC3)cc2)c(F)c1. The van der Waals surface area contributed by atoms with Crippen LogP contribution in [0.2, 0.25) is 0 Å². The molecule has 3 heterocycles. The summed E-state index contributed by atoms with van der Waals surface area (Å²) in [6.07, 6.45) is 0.421. The molecule has 0 aliphatic carbocycles. The molecule has 1 N–H and O–H groups in total. The highest BCUT2D eigenvalue weighted by atomic mass is 19.1. The van der Waals surface area contributed by atoms with Crippen molar-refractivity contribution >= 4 is 23.4 Å². The molecule has 0 spiro atoms. The van der Waals surface area contributed by atoms with E-state index in [1.807, 2.05) is 23.1 Å². The lowest BCUT2D eigenvalue weighted by Gasteiger charge is -2.36. The van der Waals surface area contributed by atoms with Crippen molar-refractivity contribution in [2.45, 2.75) is 32.0 Å². The summed E-state index contributed by atoms with van der Waals surface area (Å²) in [4.78, 5) is 42.4. The van der Waals surface area contributed by atoms with E-state index >= 15 is 4.39 Å². The van der Waals surface area contributed by atoms with Gasteiger partial charge in [-0.05, 0) is 60.0 Å². The van der Waals surface area contributed by atoms with E-state index < -0.39 is 29.5 Å². The normalized spacial score (nSPS) is 19.0. The second-order valence-corrected chi connectivity index (χ2v) is 10.6. The second-order valence-electron chi connectivity index (χ2n) is 10.6. The average Bonchev–Trinajstić information content (AvgIpc) is 3.29. The van der Waals surface area contributed by atoms with Crippen molar-refractivity contribution in [3.63, 3.8) is 0 Å². The highest BCUT2D eigenvalue weighted by molar-refractivity contribution is 6.05. The van der Waals surface area contributed by atoms with Crippen molar-refractivity contribution in [1.82, 2.24) is 15.1 Å². The molecule has 2 saturated heterocycles. The number of piperazine rings is 1. The summed E-state index contributed by atoms with van der Waals surface area (Å²) in [5.74, 6) is -1.79. The molecule has 1 unspecified atom stereocenters. The van der Waals surface area contributed by atoms with Crippen LogP contribution in [0.1, 0.15) is 39.9 Å². The number of hydrogen-bond acceptors (Lipinski definition) is 7. The fourth-order valence-corrected chi connectivity index (χ4v) is 5.67. The zero-order chi connectivity index (χ0) is 29.4. The number of rotatable bonds is 6. The van der Waals surface area contributed by atoms with Gasteiger partial charge in [0.05, 0.1) is 17.3 Å². The molecule has 3 aromatic carbocycles. The summed E-state index contributed by atoms with van der Waals surface area (Å²) in [7, 11) is 0. The number of ether oxygens (including phenoxy) is 1. The van der Waals surface area contributed by atoms with Crippen molar-refractivity contribution in [3.05, 3.63) is 88.5 Å². The number of carbonyl (C=O) groups is 3. The Kier molecular flexibility index (Phi) is 7.31. The molecule has 6 rings (SSSR count). The van der Waals surface area contributed by atoms with Gasteiger partial charge in [-0.25, -0.2) is 8.78 Å². The molecular formula is C31H27F2N5O4. The molecule has 11 heteroatoms. The third kappa shape index (κ3) is 5.41. The molecule has 42 heavy (non-hydrogen) atoms. The van der Waals surface area contributed by atoms with Gasteiger partial charge in [0.15, 0.2) is 11.6 Å². The number of halogens is 2. The molecule has 0 bridgehead atoms. The molecule has 1 atom stereocenters. The van der Waals surface area contributed by atoms with Gasteiger partial charge < -0.3 is 14.5 Å². The zero-order valence-electron chi connectivity index (χ0n) is 22.6. The van der Waals surface area contributed by atoms with Crippen molar-refractivity contribution < 1.29 is 27.9 Å². The summed E-state index contributed by atoms with van der Waals surface area (Å²) in [6, 6.07) is 15.5. The summed E-state index contributed by atoms with van der Waals surface area (Å²) in [5, 5.41) is 11.2. The van der Waals surface area contributed by atoms with Gasteiger partial charge in [-0.3, -0.25) is 24.6 Å². The van der Waals surface area contributed by atoms with Gasteiger partial charge in [-0.15, -0.1) is 0 Å². The number of imide groups is 1. The quantitative estimate of drug-likeness (QED) is 0.450. The van der Waals surface area contributed by atoms with Crippen LogP contribution in [0.4, 0.5) is 14.5 Å². The minimum Gasteiger partial charge on any atom is -0.454 e. The Balaban J connectivity index is 1.05. The highest BCUT2D eigenvalue weighted by Gasteiger charge is 2.40. The molecule has 0 aromatic heterocycles. The number of nitrogens with zero attached hydrogens (tertiary/aromatic N) is 4. The van der Waals surface area contributed by atoms with Crippen LogP contribution in [-0.4, -0.2) is 59.7 Å². The largest absolute Gasteiger partial charge is 0.454 e. The van der Waals surface area contributed by atoms with Gasteiger partial charge >= 0.3 is 0 Å². The Hall–Kier alpha value is -4.82. The van der Waals surface area contributed by atoms with Crippen LogP contribution >= 0.6 is 0 Å². The molecule has 3 aliphatic rings. The maximum atomic E-state index is 15.2. The Morgan fingerprint density at radius 1 is 0.952 bits per heavy atom. The number of nitriles is 1. The first-order chi connectivity index (χ1) is 20.3. The molecular weight excluding hydrogens is 544 g/mol. The van der Waals surface area contributed by atoms with E-state index in [0.717, 1.165) is 11.6 Å². The smallest absolute Gasteiger partial charge is 0.255 e. The average molecular weight is 572 g/mol. The molecule has 3 amide bonds. The second kappa shape index (κ2) is 11.2. The van der Waals surface area contributed by atoms with E-state index in [2.05, 4.69) is 10.2 Å². The summed E-state index contributed by atoms with van der Waals surface area (Å²) < 4.78 is 35.0. The Morgan fingerprint density at radius 2 is 1.71 bits per heavy atom. The van der Waals surface area contributed by atoms with Crippen LogP contribution in [0.15, 0.2) is 54.6 Å². The van der Waals surface area contributed by atoms with Gasteiger partial charge in [-0.2, -0.15) is 5.26 Å². The van der Waals surface area contributed by atoms with E-state index in [-0.39, 0.29) is 42.2 Å². The fourth-order valence-electron chi connectivity index (χ4n) is 5.67. The lowest BCUT2D eigenvalue weighted by molar-refractivity contribution is -0.136. The monoisotopic (exact) mass is 571 g/mol. The third-order valence-corrected chi connectivity index (χ3v) is 7.92. The van der Waals surface area contributed by atoms with Crippen LogP contribution in [0.5, 0.6) is 11.5 Å². The van der Waals surface area contributed by atoms with Crippen LogP contribution in [0.3, 0.4) is 0 Å². The molecule has 0 radical (unpaired) electrons. The number of benzene rings is 3. The summed E-state index contributed by atoms with van der Waals surface area (Å²) in [6.45, 7) is 3.48. The lowest BCUT2D eigenvalue weighted by atomic mass is 10.0. The number of anilines is 1. The van der Waals surface area contributed by atoms with E-state index in [1.165, 1.54) is 23.1 Å². The predicted molar refractivity (Wildman–Crippen MR) is 148 cm³/mol. The molecule has 9 nitrogen and oxygen atoms in total. The third-order valence-electron chi connectivity index (χ3n) is 7.92. The van der Waals surface area contributed by atoms with Gasteiger partial charge in [0.2, 0.25) is 11.8 Å². The molecule has 0 saturated carbocycles. The topological polar surface area (TPSA) is 106 Å². The van der Waals surface area contributed by atoms with Crippen molar-refractivity contribution in [3.8, 4) is 17.6 Å². The van der Waals surface area contributed by atoms with Gasteiger partial charge in [0, 0.05) is 51.3 Å². The van der Waals surface area contributed by atoms with Crippen molar-refractivity contribution in [2.75, 3.05) is 31.1 Å². The Bertz CT molecular complexity index is 1610. The molecule has 214 valence electrons. The van der Waals surface area contributed by atoms with Crippen LogP contribution in [-0.2, 0) is 22.7 Å².